The van der Waals surface area contributed by atoms with Crippen molar-refractivity contribution in [3.05, 3.63) is 27.1 Å². The molecular weight excluding hydrogens is 326 g/mol. The fourth-order valence-corrected chi connectivity index (χ4v) is 4.32. The maximum atomic E-state index is 12.8. The molecule has 0 bridgehead atoms. The van der Waals surface area contributed by atoms with Gasteiger partial charge in [-0.3, -0.25) is 14.2 Å². The molecule has 1 aliphatic rings. The zero-order chi connectivity index (χ0) is 17.3. The molecule has 1 amide bonds. The third-order valence-electron chi connectivity index (χ3n) is 4.83. The molecule has 2 aromatic rings. The van der Waals surface area contributed by atoms with Gasteiger partial charge in [0.25, 0.3) is 5.56 Å². The van der Waals surface area contributed by atoms with E-state index < -0.39 is 0 Å². The second-order valence-electron chi connectivity index (χ2n) is 6.42. The zero-order valence-electron chi connectivity index (χ0n) is 14.1. The molecule has 24 heavy (non-hydrogen) atoms. The number of amides is 1. The minimum Gasteiger partial charge on any atom is -0.394 e. The first-order valence-electron chi connectivity index (χ1n) is 8.39. The monoisotopic (exact) mass is 349 g/mol. The standard InChI is InChI=1S/C17H23N3O3S/c1-11(9-21)19(2)14(22)7-8-20-10-18-16-15(17(20)23)12-5-3-4-6-13(12)24-16/h10-11,21H,3-9H2,1-2H3/t11-/m1/s1. The second kappa shape index (κ2) is 7.03. The maximum Gasteiger partial charge on any atom is 0.262 e. The lowest BCUT2D eigenvalue weighted by Crippen LogP contribution is -2.38. The van der Waals surface area contributed by atoms with E-state index in [1.807, 2.05) is 0 Å². The van der Waals surface area contributed by atoms with E-state index in [9.17, 15) is 9.59 Å². The van der Waals surface area contributed by atoms with E-state index in [1.165, 1.54) is 21.8 Å². The molecule has 2 heterocycles. The van der Waals surface area contributed by atoms with Crippen LogP contribution >= 0.6 is 11.3 Å². The lowest BCUT2D eigenvalue weighted by atomic mass is 9.97. The summed E-state index contributed by atoms with van der Waals surface area (Å²) in [5, 5.41) is 9.88. The van der Waals surface area contributed by atoms with Gasteiger partial charge in [-0.05, 0) is 38.2 Å². The molecule has 0 fully saturated rings. The Balaban J connectivity index is 1.82. The highest BCUT2D eigenvalue weighted by Gasteiger charge is 2.20. The van der Waals surface area contributed by atoms with Crippen LogP contribution in [-0.2, 0) is 24.2 Å². The maximum absolute atomic E-state index is 12.8. The van der Waals surface area contributed by atoms with Crippen molar-refractivity contribution >= 4 is 27.5 Å². The largest absolute Gasteiger partial charge is 0.394 e. The molecule has 0 aliphatic heterocycles. The SMILES string of the molecule is C[C@H](CO)N(C)C(=O)CCn1cnc2sc3c(c2c1=O)CCCC3. The van der Waals surface area contributed by atoms with Crippen LogP contribution in [0.5, 0.6) is 0 Å². The van der Waals surface area contributed by atoms with Gasteiger partial charge in [0, 0.05) is 24.9 Å². The number of aliphatic hydroxyl groups is 1. The van der Waals surface area contributed by atoms with Gasteiger partial charge in [-0.1, -0.05) is 0 Å². The molecular formula is C17H23N3O3S. The number of aromatic nitrogens is 2. The Morgan fingerprint density at radius 2 is 2.21 bits per heavy atom. The van der Waals surface area contributed by atoms with E-state index >= 15 is 0 Å². The van der Waals surface area contributed by atoms with Gasteiger partial charge in [0.15, 0.2) is 0 Å². The van der Waals surface area contributed by atoms with E-state index in [4.69, 9.17) is 5.11 Å². The Morgan fingerprint density at radius 1 is 1.46 bits per heavy atom. The highest BCUT2D eigenvalue weighted by molar-refractivity contribution is 7.18. The lowest BCUT2D eigenvalue weighted by Gasteiger charge is -2.23. The summed E-state index contributed by atoms with van der Waals surface area (Å²) >= 11 is 1.63. The number of aliphatic hydroxyl groups excluding tert-OH is 1. The summed E-state index contributed by atoms with van der Waals surface area (Å²) in [6.07, 6.45) is 6.06. The van der Waals surface area contributed by atoms with Crippen molar-refractivity contribution in [1.29, 1.82) is 0 Å². The van der Waals surface area contributed by atoms with Gasteiger partial charge in [0.1, 0.15) is 4.83 Å². The molecule has 0 radical (unpaired) electrons. The normalized spacial score (nSPS) is 15.3. The van der Waals surface area contributed by atoms with Gasteiger partial charge in [0.2, 0.25) is 5.91 Å². The molecule has 0 saturated heterocycles. The van der Waals surface area contributed by atoms with Crippen LogP contribution in [0.1, 0.15) is 36.6 Å². The zero-order valence-corrected chi connectivity index (χ0v) is 14.9. The average Bonchev–Trinajstić information content (AvgIpc) is 2.98. The number of rotatable bonds is 5. The Hall–Kier alpha value is -1.73. The van der Waals surface area contributed by atoms with E-state index in [1.54, 1.807) is 36.2 Å². The number of carbonyl (C=O) groups excluding carboxylic acids is 1. The smallest absolute Gasteiger partial charge is 0.262 e. The van der Waals surface area contributed by atoms with Crippen LogP contribution in [0, 0.1) is 0 Å². The molecule has 1 atom stereocenters. The van der Waals surface area contributed by atoms with Gasteiger partial charge in [-0.25, -0.2) is 4.98 Å². The summed E-state index contributed by atoms with van der Waals surface area (Å²) in [7, 11) is 1.67. The Kier molecular flexibility index (Phi) is 5.01. The van der Waals surface area contributed by atoms with Crippen LogP contribution < -0.4 is 5.56 Å². The first-order chi connectivity index (χ1) is 11.5. The summed E-state index contributed by atoms with van der Waals surface area (Å²) in [4.78, 5) is 33.0. The third kappa shape index (κ3) is 3.10. The number of hydrogen-bond acceptors (Lipinski definition) is 5. The predicted molar refractivity (Wildman–Crippen MR) is 94.5 cm³/mol. The first-order valence-corrected chi connectivity index (χ1v) is 9.20. The number of carbonyl (C=O) groups is 1. The number of nitrogens with zero attached hydrogens (tertiary/aromatic N) is 3. The van der Waals surface area contributed by atoms with Crippen LogP contribution in [-0.4, -0.2) is 45.2 Å². The second-order valence-corrected chi connectivity index (χ2v) is 7.50. The number of thiophene rings is 1. The molecule has 0 saturated carbocycles. The summed E-state index contributed by atoms with van der Waals surface area (Å²) < 4.78 is 1.54. The van der Waals surface area contributed by atoms with Crippen molar-refractivity contribution < 1.29 is 9.90 Å². The molecule has 0 spiro atoms. The molecule has 1 aliphatic carbocycles. The van der Waals surface area contributed by atoms with Gasteiger partial charge in [-0.2, -0.15) is 0 Å². The summed E-state index contributed by atoms with van der Waals surface area (Å²) in [6, 6.07) is -0.223. The third-order valence-corrected chi connectivity index (χ3v) is 6.03. The quantitative estimate of drug-likeness (QED) is 0.889. The Morgan fingerprint density at radius 3 is 2.96 bits per heavy atom. The molecule has 3 rings (SSSR count). The van der Waals surface area contributed by atoms with Crippen molar-refractivity contribution in [2.45, 2.75) is 51.6 Å². The van der Waals surface area contributed by atoms with Crippen molar-refractivity contribution in [1.82, 2.24) is 14.5 Å². The van der Waals surface area contributed by atoms with Crippen LogP contribution in [0.15, 0.2) is 11.1 Å². The minimum absolute atomic E-state index is 0.0370. The number of likely N-dealkylation sites (N-methyl/N-ethyl adjacent to an activating group) is 1. The fourth-order valence-electron chi connectivity index (χ4n) is 3.10. The molecule has 0 unspecified atom stereocenters. The molecule has 6 nitrogen and oxygen atoms in total. The van der Waals surface area contributed by atoms with E-state index in [0.717, 1.165) is 29.5 Å². The highest BCUT2D eigenvalue weighted by Crippen LogP contribution is 2.33. The van der Waals surface area contributed by atoms with E-state index in [-0.39, 0.29) is 30.5 Å². The van der Waals surface area contributed by atoms with Gasteiger partial charge in [0.05, 0.1) is 24.4 Å². The minimum atomic E-state index is -0.223. The van der Waals surface area contributed by atoms with Crippen molar-refractivity contribution in [2.24, 2.45) is 0 Å². The summed E-state index contributed by atoms with van der Waals surface area (Å²) in [5.74, 6) is -0.0871. The van der Waals surface area contributed by atoms with Crippen molar-refractivity contribution in [3.8, 4) is 0 Å². The fraction of sp³-hybridized carbons (Fsp3) is 0.588. The van der Waals surface area contributed by atoms with Gasteiger partial charge >= 0.3 is 0 Å². The average molecular weight is 349 g/mol. The van der Waals surface area contributed by atoms with E-state index in [2.05, 4.69) is 4.98 Å². The molecule has 1 N–H and O–H groups in total. The van der Waals surface area contributed by atoms with Crippen LogP contribution in [0.25, 0.3) is 10.2 Å². The lowest BCUT2D eigenvalue weighted by molar-refractivity contribution is -0.132. The van der Waals surface area contributed by atoms with Crippen LogP contribution in [0.3, 0.4) is 0 Å². The molecule has 2 aromatic heterocycles. The van der Waals surface area contributed by atoms with E-state index in [0.29, 0.717) is 6.54 Å². The summed E-state index contributed by atoms with van der Waals surface area (Å²) in [6.45, 7) is 2.03. The first kappa shape index (κ1) is 17.1. The van der Waals surface area contributed by atoms with Crippen molar-refractivity contribution in [2.75, 3.05) is 13.7 Å². The van der Waals surface area contributed by atoms with Gasteiger partial charge < -0.3 is 10.0 Å². The van der Waals surface area contributed by atoms with Crippen LogP contribution in [0.4, 0.5) is 0 Å². The molecule has 130 valence electrons. The molecule has 7 heteroatoms. The topological polar surface area (TPSA) is 75.4 Å². The number of aryl methyl sites for hydroxylation is 3. The summed E-state index contributed by atoms with van der Waals surface area (Å²) in [5.41, 5.74) is 1.13. The van der Waals surface area contributed by atoms with Gasteiger partial charge in [-0.15, -0.1) is 11.3 Å². The Labute approximate surface area is 144 Å². The van der Waals surface area contributed by atoms with Crippen molar-refractivity contribution in [3.63, 3.8) is 0 Å². The predicted octanol–water partition coefficient (Wildman–Crippen LogP) is 1.57. The Bertz CT molecular complexity index is 811. The highest BCUT2D eigenvalue weighted by atomic mass is 32.1. The number of fused-ring (bicyclic) bond motifs is 3. The van der Waals surface area contributed by atoms with Crippen LogP contribution in [0.2, 0.25) is 0 Å². The molecule has 0 aromatic carbocycles. The number of hydrogen-bond donors (Lipinski definition) is 1.